The summed E-state index contributed by atoms with van der Waals surface area (Å²) in [5.74, 6) is 0.345. The van der Waals surface area contributed by atoms with Crippen LogP contribution in [0.3, 0.4) is 0 Å². The minimum Gasteiger partial charge on any atom is -0.320 e. The Balaban J connectivity index is 1.97. The predicted octanol–water partition coefficient (Wildman–Crippen LogP) is 4.75. The predicted molar refractivity (Wildman–Crippen MR) is 125 cm³/mol. The third kappa shape index (κ3) is 4.31. The highest BCUT2D eigenvalue weighted by molar-refractivity contribution is 6.31. The number of halogens is 2. The second-order valence-corrected chi connectivity index (χ2v) is 8.78. The summed E-state index contributed by atoms with van der Waals surface area (Å²) in [6.07, 6.45) is 2.29. The molecule has 4 rings (SSSR count). The first-order valence-corrected chi connectivity index (χ1v) is 10.8. The van der Waals surface area contributed by atoms with E-state index in [-0.39, 0.29) is 5.56 Å². The van der Waals surface area contributed by atoms with Crippen LogP contribution in [-0.4, -0.2) is 18.7 Å². The first-order valence-electron chi connectivity index (χ1n) is 10.1. The fraction of sp³-hybridized carbons (Fsp3) is 0.261. The van der Waals surface area contributed by atoms with E-state index in [0.717, 1.165) is 5.56 Å². The molecule has 4 aromatic rings. The van der Waals surface area contributed by atoms with Gasteiger partial charge in [-0.05, 0) is 48.2 Å². The first-order chi connectivity index (χ1) is 14.8. The lowest BCUT2D eigenvalue weighted by molar-refractivity contribution is 0.491. The second kappa shape index (κ2) is 8.73. The Bertz CT molecular complexity index is 1370. The smallest absolute Gasteiger partial charge is 0.320 e. The van der Waals surface area contributed by atoms with Gasteiger partial charge in [0.2, 0.25) is 0 Å². The van der Waals surface area contributed by atoms with Gasteiger partial charge < -0.3 is 4.57 Å². The molecule has 0 amide bonds. The van der Waals surface area contributed by atoms with Crippen molar-refractivity contribution in [3.8, 4) is 5.69 Å². The van der Waals surface area contributed by atoms with E-state index in [1.165, 1.54) is 9.13 Å². The van der Waals surface area contributed by atoms with Gasteiger partial charge in [-0.15, -0.1) is 0 Å². The third-order valence-corrected chi connectivity index (χ3v) is 5.61. The number of nitrogens with zero attached hydrogens (tertiary/aromatic N) is 4. The summed E-state index contributed by atoms with van der Waals surface area (Å²) in [5.41, 5.74) is 1.39. The Labute approximate surface area is 189 Å². The van der Waals surface area contributed by atoms with Gasteiger partial charge in [0.25, 0.3) is 5.56 Å². The fourth-order valence-corrected chi connectivity index (χ4v) is 3.96. The number of imidazole rings is 1. The maximum atomic E-state index is 13.4. The molecule has 0 N–H and O–H groups in total. The van der Waals surface area contributed by atoms with E-state index in [0.29, 0.717) is 52.3 Å². The fourth-order valence-electron chi connectivity index (χ4n) is 3.56. The lowest BCUT2D eigenvalue weighted by Gasteiger charge is -2.14. The van der Waals surface area contributed by atoms with Crippen molar-refractivity contribution in [2.45, 2.75) is 33.4 Å². The van der Waals surface area contributed by atoms with Crippen molar-refractivity contribution < 1.29 is 0 Å². The topological polar surface area (TPSA) is 61.8 Å². The van der Waals surface area contributed by atoms with E-state index < -0.39 is 5.69 Å². The van der Waals surface area contributed by atoms with Crippen LogP contribution >= 0.6 is 23.2 Å². The van der Waals surface area contributed by atoms with Crippen molar-refractivity contribution in [1.29, 1.82) is 0 Å². The highest BCUT2D eigenvalue weighted by Crippen LogP contribution is 2.19. The molecule has 0 saturated carbocycles. The van der Waals surface area contributed by atoms with Crippen LogP contribution < -0.4 is 11.2 Å². The third-order valence-electron chi connectivity index (χ3n) is 5.14. The SMILES string of the molecule is CC(C)CCn1c(=O)c2c(ncn2Cc2cccc(Cl)c2)n(-c2cccc(Cl)c2)c1=O. The maximum absolute atomic E-state index is 13.4. The molecular formula is C23H22Cl2N4O2. The number of hydrogen-bond acceptors (Lipinski definition) is 3. The van der Waals surface area contributed by atoms with Gasteiger partial charge >= 0.3 is 5.69 Å². The number of hydrogen-bond donors (Lipinski definition) is 0. The van der Waals surface area contributed by atoms with Gasteiger partial charge in [0.1, 0.15) is 0 Å². The summed E-state index contributed by atoms with van der Waals surface area (Å²) in [6.45, 7) is 4.85. The molecule has 0 aliphatic rings. The summed E-state index contributed by atoms with van der Waals surface area (Å²) in [4.78, 5) is 31.2. The molecule has 2 heterocycles. The number of fused-ring (bicyclic) bond motifs is 1. The van der Waals surface area contributed by atoms with E-state index in [4.69, 9.17) is 23.2 Å². The van der Waals surface area contributed by atoms with E-state index in [1.807, 2.05) is 18.2 Å². The molecule has 0 saturated heterocycles. The molecule has 8 heteroatoms. The van der Waals surface area contributed by atoms with Gasteiger partial charge in [-0.25, -0.2) is 14.3 Å². The molecule has 0 radical (unpaired) electrons. The molecular weight excluding hydrogens is 435 g/mol. The number of aromatic nitrogens is 4. The van der Waals surface area contributed by atoms with Crippen LogP contribution in [0.25, 0.3) is 16.9 Å². The van der Waals surface area contributed by atoms with Crippen LogP contribution in [-0.2, 0) is 13.1 Å². The van der Waals surface area contributed by atoms with Crippen molar-refractivity contribution in [1.82, 2.24) is 18.7 Å². The summed E-state index contributed by atoms with van der Waals surface area (Å²) in [7, 11) is 0. The van der Waals surface area contributed by atoms with Gasteiger partial charge in [-0.2, -0.15) is 0 Å². The minimum atomic E-state index is -0.423. The van der Waals surface area contributed by atoms with Crippen molar-refractivity contribution >= 4 is 34.4 Å². The zero-order valence-electron chi connectivity index (χ0n) is 17.3. The van der Waals surface area contributed by atoms with Gasteiger partial charge in [-0.3, -0.25) is 9.36 Å². The Kier molecular flexibility index (Phi) is 6.03. The average molecular weight is 457 g/mol. The Morgan fingerprint density at radius 1 is 1.00 bits per heavy atom. The normalized spacial score (nSPS) is 11.5. The largest absolute Gasteiger partial charge is 0.337 e. The van der Waals surface area contributed by atoms with Crippen LogP contribution in [0.4, 0.5) is 0 Å². The molecule has 0 aliphatic carbocycles. The van der Waals surface area contributed by atoms with E-state index in [1.54, 1.807) is 41.2 Å². The van der Waals surface area contributed by atoms with Crippen LogP contribution in [0.5, 0.6) is 0 Å². The highest BCUT2D eigenvalue weighted by Gasteiger charge is 2.19. The monoisotopic (exact) mass is 456 g/mol. The van der Waals surface area contributed by atoms with E-state index >= 15 is 0 Å². The molecule has 0 aliphatic heterocycles. The zero-order valence-corrected chi connectivity index (χ0v) is 18.8. The molecule has 2 aromatic carbocycles. The highest BCUT2D eigenvalue weighted by atomic mass is 35.5. The first kappa shape index (κ1) is 21.4. The van der Waals surface area contributed by atoms with Crippen LogP contribution in [0.15, 0.2) is 64.4 Å². The van der Waals surface area contributed by atoms with Gasteiger partial charge in [-0.1, -0.05) is 55.2 Å². The second-order valence-electron chi connectivity index (χ2n) is 7.91. The molecule has 31 heavy (non-hydrogen) atoms. The molecule has 0 spiro atoms. The van der Waals surface area contributed by atoms with E-state index in [9.17, 15) is 9.59 Å². The van der Waals surface area contributed by atoms with Crippen molar-refractivity contribution in [2.24, 2.45) is 5.92 Å². The standard InChI is InChI=1S/C23H22Cl2N4O2/c1-15(2)9-10-28-22(30)20-21(29(23(28)31)19-8-4-7-18(25)12-19)26-14-27(20)13-16-5-3-6-17(24)11-16/h3-8,11-12,14-15H,9-10,13H2,1-2H3. The molecule has 6 nitrogen and oxygen atoms in total. The minimum absolute atomic E-state index is 0.306. The Morgan fingerprint density at radius 3 is 2.39 bits per heavy atom. The van der Waals surface area contributed by atoms with Crippen molar-refractivity contribution in [3.63, 3.8) is 0 Å². The van der Waals surface area contributed by atoms with Crippen LogP contribution in [0.1, 0.15) is 25.8 Å². The van der Waals surface area contributed by atoms with Crippen molar-refractivity contribution in [2.75, 3.05) is 0 Å². The number of rotatable bonds is 6. The summed E-state index contributed by atoms with van der Waals surface area (Å²) in [5, 5.41) is 1.11. The van der Waals surface area contributed by atoms with Crippen molar-refractivity contribution in [3.05, 3.63) is 91.3 Å². The Hall–Kier alpha value is -2.83. The average Bonchev–Trinajstić information content (AvgIpc) is 3.11. The maximum Gasteiger partial charge on any atom is 0.337 e. The summed E-state index contributed by atoms with van der Waals surface area (Å²) >= 11 is 12.3. The molecule has 0 bridgehead atoms. The molecule has 0 atom stereocenters. The molecule has 0 unspecified atom stereocenters. The van der Waals surface area contributed by atoms with Crippen LogP contribution in [0, 0.1) is 5.92 Å². The summed E-state index contributed by atoms with van der Waals surface area (Å²) < 4.78 is 4.51. The molecule has 160 valence electrons. The Morgan fingerprint density at radius 2 is 1.71 bits per heavy atom. The number of benzene rings is 2. The summed E-state index contributed by atoms with van der Waals surface area (Å²) in [6, 6.07) is 14.4. The zero-order chi connectivity index (χ0) is 22.1. The van der Waals surface area contributed by atoms with Gasteiger partial charge in [0.15, 0.2) is 11.2 Å². The van der Waals surface area contributed by atoms with E-state index in [2.05, 4.69) is 18.8 Å². The lowest BCUT2D eigenvalue weighted by atomic mass is 10.1. The lowest BCUT2D eigenvalue weighted by Crippen LogP contribution is -2.40. The quantitative estimate of drug-likeness (QED) is 0.420. The van der Waals surface area contributed by atoms with Gasteiger partial charge in [0.05, 0.1) is 12.0 Å². The van der Waals surface area contributed by atoms with Gasteiger partial charge in [0, 0.05) is 23.1 Å². The molecule has 0 fully saturated rings. The van der Waals surface area contributed by atoms with Crippen LogP contribution in [0.2, 0.25) is 10.0 Å². The molecule has 2 aromatic heterocycles.